The van der Waals surface area contributed by atoms with E-state index in [1.807, 2.05) is 44.2 Å². The largest absolute Gasteiger partial charge is 0.475 e. The maximum absolute atomic E-state index is 12.0. The molecular formula is C17H20N2O5. The van der Waals surface area contributed by atoms with E-state index in [2.05, 4.69) is 10.3 Å². The number of carboxylic acids is 1. The van der Waals surface area contributed by atoms with E-state index in [-0.39, 0.29) is 24.2 Å². The first-order valence-electron chi connectivity index (χ1n) is 7.62. The molecule has 0 spiro atoms. The van der Waals surface area contributed by atoms with Crippen LogP contribution in [-0.4, -0.2) is 22.2 Å². The zero-order chi connectivity index (χ0) is 17.5. The summed E-state index contributed by atoms with van der Waals surface area (Å²) in [5, 5.41) is 11.6. The molecule has 0 unspecified atom stereocenters. The lowest BCUT2D eigenvalue weighted by molar-refractivity contribution is 0.0659. The van der Waals surface area contributed by atoms with Gasteiger partial charge in [0.05, 0.1) is 6.20 Å². The Morgan fingerprint density at radius 3 is 2.58 bits per heavy atom. The Labute approximate surface area is 139 Å². The van der Waals surface area contributed by atoms with Crippen molar-refractivity contribution in [2.75, 3.05) is 0 Å². The highest BCUT2D eigenvalue weighted by Crippen LogP contribution is 2.21. The maximum atomic E-state index is 12.0. The number of benzene rings is 1. The van der Waals surface area contributed by atoms with E-state index in [1.165, 1.54) is 0 Å². The molecular weight excluding hydrogens is 312 g/mol. The van der Waals surface area contributed by atoms with Crippen LogP contribution in [0.1, 0.15) is 48.3 Å². The van der Waals surface area contributed by atoms with Crippen molar-refractivity contribution in [1.29, 1.82) is 0 Å². The normalized spacial score (nSPS) is 12.0. The third-order valence-corrected chi connectivity index (χ3v) is 3.24. The molecule has 7 nitrogen and oxygen atoms in total. The van der Waals surface area contributed by atoms with Gasteiger partial charge in [-0.3, -0.25) is 0 Å². The molecule has 0 aliphatic carbocycles. The zero-order valence-corrected chi connectivity index (χ0v) is 13.6. The molecule has 128 valence electrons. The highest BCUT2D eigenvalue weighted by atomic mass is 16.5. The molecule has 0 radical (unpaired) electrons. The lowest BCUT2D eigenvalue weighted by Gasteiger charge is -2.17. The van der Waals surface area contributed by atoms with Gasteiger partial charge in [0.25, 0.3) is 0 Å². The minimum absolute atomic E-state index is 0.146. The molecule has 1 heterocycles. The van der Waals surface area contributed by atoms with Gasteiger partial charge < -0.3 is 19.6 Å². The lowest BCUT2D eigenvalue weighted by Crippen LogP contribution is -2.30. The van der Waals surface area contributed by atoms with Crippen molar-refractivity contribution in [3.63, 3.8) is 0 Å². The van der Waals surface area contributed by atoms with Gasteiger partial charge in [-0.2, -0.15) is 0 Å². The number of aromatic nitrogens is 1. The van der Waals surface area contributed by atoms with E-state index in [0.717, 1.165) is 11.8 Å². The van der Waals surface area contributed by atoms with Gasteiger partial charge in [0.1, 0.15) is 12.6 Å². The summed E-state index contributed by atoms with van der Waals surface area (Å²) < 4.78 is 10.4. The molecule has 0 saturated carbocycles. The van der Waals surface area contributed by atoms with Crippen LogP contribution in [0.2, 0.25) is 0 Å². The molecule has 24 heavy (non-hydrogen) atoms. The molecule has 1 atom stereocenters. The number of nitrogens with zero attached hydrogens (tertiary/aromatic N) is 1. The Kier molecular flexibility index (Phi) is 5.95. The number of carboxylic acid groups (broad SMARTS) is 1. The average Bonchev–Trinajstić information content (AvgIpc) is 3.03. The van der Waals surface area contributed by atoms with Crippen LogP contribution in [0.25, 0.3) is 0 Å². The molecule has 0 bridgehead atoms. The quantitative estimate of drug-likeness (QED) is 0.806. The predicted molar refractivity (Wildman–Crippen MR) is 85.4 cm³/mol. The second-order valence-electron chi connectivity index (χ2n) is 5.76. The Morgan fingerprint density at radius 2 is 2.00 bits per heavy atom. The van der Waals surface area contributed by atoms with Gasteiger partial charge in [0.15, 0.2) is 0 Å². The Balaban J connectivity index is 1.99. The lowest BCUT2D eigenvalue weighted by atomic mass is 10.0. The second-order valence-corrected chi connectivity index (χ2v) is 5.76. The first-order chi connectivity index (χ1) is 11.5. The van der Waals surface area contributed by atoms with E-state index in [0.29, 0.717) is 6.42 Å². The van der Waals surface area contributed by atoms with E-state index in [4.69, 9.17) is 14.3 Å². The fourth-order valence-corrected chi connectivity index (χ4v) is 2.15. The second kappa shape index (κ2) is 8.14. The summed E-state index contributed by atoms with van der Waals surface area (Å²) in [4.78, 5) is 26.8. The number of carbonyl (C=O) groups is 2. The summed E-state index contributed by atoms with van der Waals surface area (Å²) in [6, 6.07) is 8.75. The van der Waals surface area contributed by atoms with E-state index in [1.54, 1.807) is 0 Å². The number of alkyl carbamates (subject to hydrolysis) is 1. The van der Waals surface area contributed by atoms with E-state index < -0.39 is 18.1 Å². The highest BCUT2D eigenvalue weighted by Gasteiger charge is 2.23. The number of aromatic carboxylic acids is 1. The third kappa shape index (κ3) is 5.12. The maximum Gasteiger partial charge on any atom is 0.408 e. The fraction of sp³-hybridized carbons (Fsp3) is 0.353. The minimum atomic E-state index is -1.20. The van der Waals surface area contributed by atoms with Crippen LogP contribution in [0, 0.1) is 5.92 Å². The topological polar surface area (TPSA) is 102 Å². The summed E-state index contributed by atoms with van der Waals surface area (Å²) in [6.07, 6.45) is 1.06. The smallest absolute Gasteiger partial charge is 0.408 e. The van der Waals surface area contributed by atoms with Gasteiger partial charge in [-0.1, -0.05) is 44.2 Å². The minimum Gasteiger partial charge on any atom is -0.475 e. The molecule has 0 saturated heterocycles. The van der Waals surface area contributed by atoms with Crippen LogP contribution in [0.5, 0.6) is 0 Å². The average molecular weight is 332 g/mol. The first-order valence-corrected chi connectivity index (χ1v) is 7.62. The van der Waals surface area contributed by atoms with E-state index >= 15 is 0 Å². The van der Waals surface area contributed by atoms with Crippen molar-refractivity contribution in [2.45, 2.75) is 32.9 Å². The van der Waals surface area contributed by atoms with Crippen molar-refractivity contribution >= 4 is 12.1 Å². The molecule has 1 aromatic carbocycles. The Morgan fingerprint density at radius 1 is 1.29 bits per heavy atom. The molecule has 2 N–H and O–H groups in total. The summed E-state index contributed by atoms with van der Waals surface area (Å²) in [6.45, 7) is 4.10. The SMILES string of the molecule is CC(C)C[C@H](NC(=O)OCc1ccccc1)c1ncc(C(=O)O)o1. The number of ether oxygens (including phenoxy) is 1. The molecule has 7 heteroatoms. The fourth-order valence-electron chi connectivity index (χ4n) is 2.15. The molecule has 2 rings (SSSR count). The van der Waals surface area contributed by atoms with Gasteiger partial charge in [0.2, 0.25) is 11.7 Å². The molecule has 0 aliphatic rings. The Bertz CT molecular complexity index is 681. The number of rotatable bonds is 7. The number of carbonyl (C=O) groups excluding carboxylic acids is 1. The van der Waals surface area contributed by atoms with Crippen molar-refractivity contribution in [3.05, 3.63) is 53.7 Å². The van der Waals surface area contributed by atoms with Crippen molar-refractivity contribution in [3.8, 4) is 0 Å². The van der Waals surface area contributed by atoms with Crippen LogP contribution >= 0.6 is 0 Å². The number of oxazole rings is 1. The molecule has 1 aromatic heterocycles. The predicted octanol–water partition coefficient (Wildman–Crippen LogP) is 3.39. The first kappa shape index (κ1) is 17.5. The summed E-state index contributed by atoms with van der Waals surface area (Å²) in [5.74, 6) is -1.08. The number of amides is 1. The van der Waals surface area contributed by atoms with Crippen LogP contribution in [-0.2, 0) is 11.3 Å². The van der Waals surface area contributed by atoms with Crippen LogP contribution < -0.4 is 5.32 Å². The molecule has 0 fully saturated rings. The van der Waals surface area contributed by atoms with Gasteiger partial charge >= 0.3 is 12.1 Å². The van der Waals surface area contributed by atoms with Crippen LogP contribution in [0.3, 0.4) is 0 Å². The standard InChI is InChI=1S/C17H20N2O5/c1-11(2)8-13(15-18-9-14(24-15)16(20)21)19-17(22)23-10-12-6-4-3-5-7-12/h3-7,9,11,13H,8,10H2,1-2H3,(H,19,22)(H,20,21)/t13-/m0/s1. The monoisotopic (exact) mass is 332 g/mol. The van der Waals surface area contributed by atoms with Gasteiger partial charge in [-0.25, -0.2) is 14.6 Å². The number of nitrogens with one attached hydrogen (secondary N) is 1. The Hall–Kier alpha value is -2.83. The number of hydrogen-bond donors (Lipinski definition) is 2. The molecule has 1 amide bonds. The molecule has 0 aliphatic heterocycles. The highest BCUT2D eigenvalue weighted by molar-refractivity contribution is 5.83. The van der Waals surface area contributed by atoms with Gasteiger partial charge in [0, 0.05) is 0 Å². The summed E-state index contributed by atoms with van der Waals surface area (Å²) in [7, 11) is 0. The zero-order valence-electron chi connectivity index (χ0n) is 13.6. The van der Waals surface area contributed by atoms with Gasteiger partial charge in [-0.15, -0.1) is 0 Å². The third-order valence-electron chi connectivity index (χ3n) is 3.24. The van der Waals surface area contributed by atoms with Crippen LogP contribution in [0.4, 0.5) is 4.79 Å². The molecule has 2 aromatic rings. The van der Waals surface area contributed by atoms with E-state index in [9.17, 15) is 9.59 Å². The van der Waals surface area contributed by atoms with Crippen LogP contribution in [0.15, 0.2) is 40.9 Å². The van der Waals surface area contributed by atoms with Crippen molar-refractivity contribution in [2.24, 2.45) is 5.92 Å². The van der Waals surface area contributed by atoms with Gasteiger partial charge in [-0.05, 0) is 17.9 Å². The van der Waals surface area contributed by atoms with Crippen molar-refractivity contribution < 1.29 is 23.8 Å². The summed E-state index contributed by atoms with van der Waals surface area (Å²) >= 11 is 0. The number of hydrogen-bond acceptors (Lipinski definition) is 5. The van der Waals surface area contributed by atoms with Crippen molar-refractivity contribution in [1.82, 2.24) is 10.3 Å². The summed E-state index contributed by atoms with van der Waals surface area (Å²) in [5.41, 5.74) is 0.873.